The quantitative estimate of drug-likeness (QED) is 0.615. The smallest absolute Gasteiger partial charge is 0.154 e. The maximum absolute atomic E-state index is 13.7. The molecule has 0 spiro atoms. The van der Waals surface area contributed by atoms with Crippen LogP contribution in [0.4, 0.5) is 8.78 Å². The van der Waals surface area contributed by atoms with Crippen LogP contribution in [0.2, 0.25) is 0 Å². The summed E-state index contributed by atoms with van der Waals surface area (Å²) in [5.74, 6) is -1.87. The molecule has 1 rings (SSSR count). The van der Waals surface area contributed by atoms with Crippen LogP contribution in [-0.4, -0.2) is 25.5 Å². The van der Waals surface area contributed by atoms with Crippen molar-refractivity contribution in [2.75, 3.05) is 13.7 Å². The summed E-state index contributed by atoms with van der Waals surface area (Å²) < 4.78 is 32.2. The van der Waals surface area contributed by atoms with Crippen LogP contribution in [0.5, 0.6) is 0 Å². The number of halogens is 3. The first-order valence-electron chi connectivity index (χ1n) is 5.87. The zero-order chi connectivity index (χ0) is 14.4. The first-order chi connectivity index (χ1) is 8.97. The minimum absolute atomic E-state index is 0.129. The maximum Gasteiger partial charge on any atom is 0.154 e. The molecule has 0 saturated heterocycles. The second kappa shape index (κ2) is 7.67. The Balaban J connectivity index is 2.69. The lowest BCUT2D eigenvalue weighted by Crippen LogP contribution is -2.32. The molecule has 6 heteroatoms. The molecule has 0 radical (unpaired) electrons. The van der Waals surface area contributed by atoms with E-state index >= 15 is 0 Å². The fourth-order valence-corrected chi connectivity index (χ4v) is 2.02. The van der Waals surface area contributed by atoms with Crippen molar-refractivity contribution in [2.45, 2.75) is 25.3 Å². The number of rotatable bonds is 7. The number of carbonyl (C=O) groups excluding carboxylic acids is 1. The predicted molar refractivity (Wildman–Crippen MR) is 71.9 cm³/mol. The Morgan fingerprint density at radius 3 is 2.79 bits per heavy atom. The van der Waals surface area contributed by atoms with E-state index in [4.69, 9.17) is 10.5 Å². The van der Waals surface area contributed by atoms with Crippen molar-refractivity contribution >= 4 is 21.7 Å². The number of ether oxygens (including phenoxy) is 1. The number of nitrogens with two attached hydrogens (primary N) is 1. The van der Waals surface area contributed by atoms with Gasteiger partial charge in [-0.05, 0) is 40.9 Å². The highest BCUT2D eigenvalue weighted by Crippen LogP contribution is 2.22. The first-order valence-corrected chi connectivity index (χ1v) is 6.66. The van der Waals surface area contributed by atoms with Gasteiger partial charge in [0.15, 0.2) is 5.78 Å². The normalized spacial score (nSPS) is 12.5. The predicted octanol–water partition coefficient (Wildman–Crippen LogP) is 2.59. The number of Topliss-reactive ketones (excluding diaryl/α,β-unsaturated/α-hetero) is 1. The number of benzene rings is 1. The number of carbonyl (C=O) groups is 1. The molecule has 0 fully saturated rings. The van der Waals surface area contributed by atoms with Crippen LogP contribution in [0.25, 0.3) is 0 Å². The molecule has 0 bridgehead atoms. The molecule has 106 valence electrons. The molecule has 0 aliphatic carbocycles. The lowest BCUT2D eigenvalue weighted by molar-refractivity contribution is -0.119. The van der Waals surface area contributed by atoms with Gasteiger partial charge in [-0.2, -0.15) is 0 Å². The molecule has 0 amide bonds. The van der Waals surface area contributed by atoms with Crippen molar-refractivity contribution in [1.29, 1.82) is 0 Å². The van der Waals surface area contributed by atoms with E-state index in [1.165, 1.54) is 6.07 Å². The van der Waals surface area contributed by atoms with Crippen molar-refractivity contribution in [3.8, 4) is 0 Å². The van der Waals surface area contributed by atoms with E-state index in [0.29, 0.717) is 19.4 Å². The third-order valence-corrected chi connectivity index (χ3v) is 3.38. The molecular weight excluding hydrogens is 320 g/mol. The van der Waals surface area contributed by atoms with Crippen molar-refractivity contribution in [1.82, 2.24) is 0 Å². The van der Waals surface area contributed by atoms with Crippen LogP contribution < -0.4 is 5.73 Å². The molecule has 1 aromatic rings. The molecule has 0 saturated carbocycles. The molecule has 1 unspecified atom stereocenters. The lowest BCUT2D eigenvalue weighted by Gasteiger charge is -2.11. The van der Waals surface area contributed by atoms with Crippen LogP contribution in [-0.2, 0) is 16.0 Å². The van der Waals surface area contributed by atoms with Gasteiger partial charge in [0, 0.05) is 25.7 Å². The largest absolute Gasteiger partial charge is 0.385 e. The van der Waals surface area contributed by atoms with Gasteiger partial charge in [-0.1, -0.05) is 0 Å². The van der Waals surface area contributed by atoms with Gasteiger partial charge in [0.25, 0.3) is 0 Å². The Labute approximate surface area is 119 Å². The second-order valence-electron chi connectivity index (χ2n) is 4.21. The summed E-state index contributed by atoms with van der Waals surface area (Å²) in [6.45, 7) is 0.501. The molecule has 1 atom stereocenters. The Morgan fingerprint density at radius 2 is 2.16 bits per heavy atom. The van der Waals surface area contributed by atoms with E-state index < -0.39 is 17.7 Å². The maximum atomic E-state index is 13.7. The molecule has 0 aliphatic heterocycles. The van der Waals surface area contributed by atoms with E-state index in [2.05, 4.69) is 15.9 Å². The number of ketones is 1. The summed E-state index contributed by atoms with van der Waals surface area (Å²) >= 11 is 2.96. The molecule has 3 nitrogen and oxygen atoms in total. The minimum atomic E-state index is -0.752. The highest BCUT2D eigenvalue weighted by atomic mass is 79.9. The van der Waals surface area contributed by atoms with Gasteiger partial charge in [0.2, 0.25) is 0 Å². The van der Waals surface area contributed by atoms with E-state index in [1.807, 2.05) is 0 Å². The third-order valence-electron chi connectivity index (χ3n) is 2.77. The van der Waals surface area contributed by atoms with Gasteiger partial charge in [0.05, 0.1) is 10.5 Å². The number of hydrogen-bond donors (Lipinski definition) is 1. The van der Waals surface area contributed by atoms with E-state index in [-0.39, 0.29) is 22.2 Å². The van der Waals surface area contributed by atoms with Gasteiger partial charge in [-0.15, -0.1) is 0 Å². The summed E-state index contributed by atoms with van der Waals surface area (Å²) in [6.07, 6.45) is 0.724. The van der Waals surface area contributed by atoms with Crippen LogP contribution in [0, 0.1) is 11.6 Å². The van der Waals surface area contributed by atoms with Crippen LogP contribution >= 0.6 is 15.9 Å². The van der Waals surface area contributed by atoms with Gasteiger partial charge >= 0.3 is 0 Å². The zero-order valence-electron chi connectivity index (χ0n) is 10.6. The topological polar surface area (TPSA) is 52.3 Å². The van der Waals surface area contributed by atoms with Crippen LogP contribution in [0.15, 0.2) is 16.6 Å². The fourth-order valence-electron chi connectivity index (χ4n) is 1.65. The second-order valence-corrected chi connectivity index (χ2v) is 5.06. The summed E-state index contributed by atoms with van der Waals surface area (Å²) in [7, 11) is 1.56. The standard InChI is InChI=1S/C13H16BrF2NO2/c1-19-6-2-3-11(17)12(18)7-8-10(15)5-4-9(14)13(8)16/h4-5,11H,2-3,6-7,17H2,1H3. The van der Waals surface area contributed by atoms with Crippen LogP contribution in [0.1, 0.15) is 18.4 Å². The SMILES string of the molecule is COCCCC(N)C(=O)Cc1c(F)ccc(Br)c1F. The Bertz CT molecular complexity index is 455. The molecule has 0 aromatic heterocycles. The highest BCUT2D eigenvalue weighted by molar-refractivity contribution is 9.10. The van der Waals surface area contributed by atoms with E-state index in [1.54, 1.807) is 7.11 Å². The minimum Gasteiger partial charge on any atom is -0.385 e. The van der Waals surface area contributed by atoms with Crippen molar-refractivity contribution in [2.24, 2.45) is 5.73 Å². The van der Waals surface area contributed by atoms with Crippen molar-refractivity contribution in [3.05, 3.63) is 33.8 Å². The third kappa shape index (κ3) is 4.63. The van der Waals surface area contributed by atoms with Gasteiger partial charge in [-0.25, -0.2) is 8.78 Å². The van der Waals surface area contributed by atoms with Crippen molar-refractivity contribution < 1.29 is 18.3 Å². The summed E-state index contributed by atoms with van der Waals surface area (Å²) in [6, 6.07) is 1.65. The molecular formula is C13H16BrF2NO2. The molecule has 0 aliphatic rings. The van der Waals surface area contributed by atoms with E-state index in [0.717, 1.165) is 6.07 Å². The Morgan fingerprint density at radius 1 is 1.47 bits per heavy atom. The zero-order valence-corrected chi connectivity index (χ0v) is 12.2. The fraction of sp³-hybridized carbons (Fsp3) is 0.462. The average molecular weight is 336 g/mol. The first kappa shape index (κ1) is 16.2. The summed E-state index contributed by atoms with van der Waals surface area (Å²) in [5, 5.41) is 0. The molecule has 0 heterocycles. The van der Waals surface area contributed by atoms with Gasteiger partial charge < -0.3 is 10.5 Å². The van der Waals surface area contributed by atoms with Gasteiger partial charge in [-0.3, -0.25) is 4.79 Å². The molecule has 1 aromatic carbocycles. The van der Waals surface area contributed by atoms with Crippen LogP contribution in [0.3, 0.4) is 0 Å². The Kier molecular flexibility index (Phi) is 6.54. The molecule has 2 N–H and O–H groups in total. The van der Waals surface area contributed by atoms with Gasteiger partial charge in [0.1, 0.15) is 11.6 Å². The highest BCUT2D eigenvalue weighted by Gasteiger charge is 2.19. The number of hydrogen-bond acceptors (Lipinski definition) is 3. The molecule has 19 heavy (non-hydrogen) atoms. The Hall–Kier alpha value is -0.850. The van der Waals surface area contributed by atoms with Crippen molar-refractivity contribution in [3.63, 3.8) is 0 Å². The summed E-state index contributed by atoms with van der Waals surface area (Å²) in [5.41, 5.74) is 5.43. The van der Waals surface area contributed by atoms with E-state index in [9.17, 15) is 13.6 Å². The lowest BCUT2D eigenvalue weighted by atomic mass is 10.0. The number of methoxy groups -OCH3 is 1. The average Bonchev–Trinajstić information content (AvgIpc) is 2.39. The summed E-state index contributed by atoms with van der Waals surface area (Å²) in [4.78, 5) is 11.8. The monoisotopic (exact) mass is 335 g/mol.